The van der Waals surface area contributed by atoms with Gasteiger partial charge in [-0.3, -0.25) is 10.1 Å². The third-order valence-corrected chi connectivity index (χ3v) is 5.42. The van der Waals surface area contributed by atoms with Gasteiger partial charge in [-0.1, -0.05) is 64.5 Å². The van der Waals surface area contributed by atoms with Crippen LogP contribution in [0, 0.1) is 10.1 Å². The van der Waals surface area contributed by atoms with Crippen molar-refractivity contribution in [3.8, 4) is 0 Å². The highest BCUT2D eigenvalue weighted by Gasteiger charge is 2.47. The van der Waals surface area contributed by atoms with Gasteiger partial charge >= 0.3 is 5.97 Å². The molecule has 0 bridgehead atoms. The van der Waals surface area contributed by atoms with Crippen LogP contribution in [-0.4, -0.2) is 23.5 Å². The number of esters is 1. The lowest BCUT2D eigenvalue weighted by Crippen LogP contribution is -2.39. The molecule has 0 radical (unpaired) electrons. The molecule has 0 spiro atoms. The van der Waals surface area contributed by atoms with Gasteiger partial charge in [0.25, 0.3) is 0 Å². The minimum absolute atomic E-state index is 0.233. The Morgan fingerprint density at radius 1 is 1.15 bits per heavy atom. The minimum Gasteiger partial charge on any atom is -0.463 e. The summed E-state index contributed by atoms with van der Waals surface area (Å²) in [6, 6.07) is 15.8. The van der Waals surface area contributed by atoms with Gasteiger partial charge in [0.05, 0.1) is 18.4 Å². The number of allylic oxidation sites excluding steroid dienone is 1. The maximum Gasteiger partial charge on any atom is 0.334 e. The Kier molecular flexibility index (Phi) is 6.06. The molecule has 2 aromatic carbocycles. The molecule has 0 aromatic heterocycles. The van der Waals surface area contributed by atoms with Crippen LogP contribution in [0.1, 0.15) is 36.3 Å². The highest BCUT2D eigenvalue weighted by molar-refractivity contribution is 9.10. The molecule has 3 atom stereocenters. The van der Waals surface area contributed by atoms with Crippen LogP contribution < -0.4 is 0 Å². The predicted molar refractivity (Wildman–Crippen MR) is 106 cm³/mol. The zero-order valence-electron chi connectivity index (χ0n) is 14.9. The van der Waals surface area contributed by atoms with E-state index in [-0.39, 0.29) is 17.4 Å². The van der Waals surface area contributed by atoms with Crippen molar-refractivity contribution in [2.45, 2.75) is 31.2 Å². The van der Waals surface area contributed by atoms with Crippen molar-refractivity contribution in [1.82, 2.24) is 0 Å². The molecule has 0 saturated carbocycles. The van der Waals surface area contributed by atoms with Crippen LogP contribution >= 0.6 is 15.9 Å². The quantitative estimate of drug-likeness (QED) is 0.386. The molecule has 0 saturated heterocycles. The average Bonchev–Trinajstić information content (AvgIpc) is 2.68. The lowest BCUT2D eigenvalue weighted by molar-refractivity contribution is -0.530. The standard InChI is InChI=1S/C21H20BrNO4/c1-2-27-21(24)18-13-12-17(14-8-10-16(22)11-9-14)20(23(25)26)19(18)15-6-4-3-5-7-15/h3-11,13,17,19-20H,2,12H2,1H3/t17-,19+,20-/m0/s1. The van der Waals surface area contributed by atoms with Gasteiger partial charge in [0, 0.05) is 15.0 Å². The number of ether oxygens (including phenoxy) is 1. The average molecular weight is 430 g/mol. The monoisotopic (exact) mass is 429 g/mol. The van der Waals surface area contributed by atoms with Crippen LogP contribution in [0.4, 0.5) is 0 Å². The predicted octanol–water partition coefficient (Wildman–Crippen LogP) is 4.86. The Bertz CT molecular complexity index is 848. The number of rotatable bonds is 5. The van der Waals surface area contributed by atoms with Crippen molar-refractivity contribution in [1.29, 1.82) is 0 Å². The van der Waals surface area contributed by atoms with Gasteiger partial charge in [-0.05, 0) is 36.6 Å². The molecule has 27 heavy (non-hydrogen) atoms. The zero-order valence-corrected chi connectivity index (χ0v) is 16.5. The topological polar surface area (TPSA) is 69.4 Å². The summed E-state index contributed by atoms with van der Waals surface area (Å²) in [5.74, 6) is -1.45. The van der Waals surface area contributed by atoms with Crippen LogP contribution in [0.15, 0.2) is 70.7 Å². The molecule has 3 rings (SSSR count). The molecule has 0 N–H and O–H groups in total. The Morgan fingerprint density at radius 2 is 1.81 bits per heavy atom. The Morgan fingerprint density at radius 3 is 2.41 bits per heavy atom. The van der Waals surface area contributed by atoms with E-state index in [1.807, 2.05) is 60.7 Å². The number of carbonyl (C=O) groups excluding carboxylic acids is 1. The van der Waals surface area contributed by atoms with E-state index in [1.165, 1.54) is 0 Å². The molecule has 0 fully saturated rings. The van der Waals surface area contributed by atoms with Crippen molar-refractivity contribution in [3.05, 3.63) is 92.0 Å². The number of benzene rings is 2. The Balaban J connectivity index is 2.10. The zero-order chi connectivity index (χ0) is 19.4. The molecule has 5 nitrogen and oxygen atoms in total. The molecule has 140 valence electrons. The third-order valence-electron chi connectivity index (χ3n) is 4.89. The summed E-state index contributed by atoms with van der Waals surface area (Å²) < 4.78 is 6.10. The summed E-state index contributed by atoms with van der Waals surface area (Å²) in [5.41, 5.74) is 2.01. The first kappa shape index (κ1) is 19.3. The molecule has 1 aliphatic carbocycles. The van der Waals surface area contributed by atoms with E-state index in [0.29, 0.717) is 12.0 Å². The van der Waals surface area contributed by atoms with Gasteiger partial charge in [0.1, 0.15) is 0 Å². The number of nitrogens with zero attached hydrogens (tertiary/aromatic N) is 1. The second-order valence-corrected chi connectivity index (χ2v) is 7.35. The summed E-state index contributed by atoms with van der Waals surface area (Å²) in [5, 5.41) is 12.1. The first-order valence-electron chi connectivity index (χ1n) is 8.84. The molecule has 6 heteroatoms. The molecule has 0 aliphatic heterocycles. The van der Waals surface area contributed by atoms with Crippen LogP contribution in [0.5, 0.6) is 0 Å². The van der Waals surface area contributed by atoms with Gasteiger partial charge in [-0.25, -0.2) is 4.79 Å². The lowest BCUT2D eigenvalue weighted by Gasteiger charge is -2.32. The van der Waals surface area contributed by atoms with E-state index < -0.39 is 17.9 Å². The van der Waals surface area contributed by atoms with Crippen LogP contribution in [0.2, 0.25) is 0 Å². The second kappa shape index (κ2) is 8.48. The lowest BCUT2D eigenvalue weighted by atomic mass is 9.71. The van der Waals surface area contributed by atoms with Gasteiger partial charge in [0.15, 0.2) is 0 Å². The maximum absolute atomic E-state index is 12.5. The Hall–Kier alpha value is -2.47. The van der Waals surface area contributed by atoms with Crippen molar-refractivity contribution in [2.75, 3.05) is 6.61 Å². The molecule has 1 aliphatic rings. The molecule has 0 amide bonds. The van der Waals surface area contributed by atoms with Gasteiger partial charge in [-0.2, -0.15) is 0 Å². The van der Waals surface area contributed by atoms with Gasteiger partial charge in [0.2, 0.25) is 6.04 Å². The SMILES string of the molecule is CCOC(=O)C1=CC[C@@H](c2ccc(Br)cc2)[C@H]([N+](=O)[O-])[C@@H]1c1ccccc1. The van der Waals surface area contributed by atoms with E-state index >= 15 is 0 Å². The first-order valence-corrected chi connectivity index (χ1v) is 9.63. The fourth-order valence-corrected chi connectivity index (χ4v) is 3.97. The number of hydrogen-bond donors (Lipinski definition) is 0. The van der Waals surface area contributed by atoms with E-state index in [2.05, 4.69) is 15.9 Å². The van der Waals surface area contributed by atoms with Crippen LogP contribution in [0.25, 0.3) is 0 Å². The van der Waals surface area contributed by atoms with Crippen molar-refractivity contribution in [2.24, 2.45) is 0 Å². The van der Waals surface area contributed by atoms with E-state index in [0.717, 1.165) is 15.6 Å². The molecular formula is C21H20BrNO4. The highest BCUT2D eigenvalue weighted by atomic mass is 79.9. The highest BCUT2D eigenvalue weighted by Crippen LogP contribution is 2.43. The van der Waals surface area contributed by atoms with Gasteiger partial charge in [-0.15, -0.1) is 0 Å². The molecule has 2 aromatic rings. The fourth-order valence-electron chi connectivity index (χ4n) is 3.71. The summed E-state index contributed by atoms with van der Waals surface area (Å²) in [4.78, 5) is 24.4. The molecular weight excluding hydrogens is 410 g/mol. The number of carbonyl (C=O) groups is 1. The summed E-state index contributed by atoms with van der Waals surface area (Å²) in [6.07, 6.45) is 2.23. The number of halogens is 1. The second-order valence-electron chi connectivity index (χ2n) is 6.44. The Labute approximate surface area is 166 Å². The van der Waals surface area contributed by atoms with Crippen molar-refractivity contribution < 1.29 is 14.5 Å². The number of hydrogen-bond acceptors (Lipinski definition) is 4. The first-order chi connectivity index (χ1) is 13.0. The van der Waals surface area contributed by atoms with Crippen LogP contribution in [-0.2, 0) is 9.53 Å². The van der Waals surface area contributed by atoms with E-state index in [4.69, 9.17) is 4.74 Å². The summed E-state index contributed by atoms with van der Waals surface area (Å²) in [6.45, 7) is 1.96. The van der Waals surface area contributed by atoms with Crippen molar-refractivity contribution in [3.63, 3.8) is 0 Å². The molecule has 0 unspecified atom stereocenters. The third kappa shape index (κ3) is 4.11. The van der Waals surface area contributed by atoms with Crippen LogP contribution in [0.3, 0.4) is 0 Å². The van der Waals surface area contributed by atoms with Gasteiger partial charge < -0.3 is 4.74 Å². The largest absolute Gasteiger partial charge is 0.463 e. The minimum atomic E-state index is -0.946. The van der Waals surface area contributed by atoms with Crippen molar-refractivity contribution >= 4 is 21.9 Å². The normalized spacial score (nSPS) is 22.0. The fraction of sp³-hybridized carbons (Fsp3) is 0.286. The summed E-state index contributed by atoms with van der Waals surface area (Å²) >= 11 is 3.40. The smallest absolute Gasteiger partial charge is 0.334 e. The summed E-state index contributed by atoms with van der Waals surface area (Å²) in [7, 11) is 0. The van der Waals surface area contributed by atoms with E-state index in [1.54, 1.807) is 6.92 Å². The number of nitro groups is 1. The molecule has 0 heterocycles. The van der Waals surface area contributed by atoms with E-state index in [9.17, 15) is 14.9 Å². The maximum atomic E-state index is 12.5.